The number of urea groups is 1. The lowest BCUT2D eigenvalue weighted by Crippen LogP contribution is -2.42. The second-order valence-corrected chi connectivity index (χ2v) is 6.47. The molecule has 1 rings (SSSR count). The molecule has 3 atom stereocenters. The summed E-state index contributed by atoms with van der Waals surface area (Å²) in [6, 6.07) is -0.809. The zero-order valence-corrected chi connectivity index (χ0v) is 15.8. The number of aliphatic hydroxyl groups is 1. The van der Waals surface area contributed by atoms with E-state index in [1.54, 1.807) is 13.8 Å². The summed E-state index contributed by atoms with van der Waals surface area (Å²) in [6.45, 7) is 6.51. The molecule has 1 aliphatic heterocycles. The molecule has 9 heteroatoms. The lowest BCUT2D eigenvalue weighted by Gasteiger charge is -2.28. The van der Waals surface area contributed by atoms with Crippen LogP contribution in [0.2, 0.25) is 0 Å². The quantitative estimate of drug-likeness (QED) is 0.216. The standard InChI is InChI=1S/C17H31N3O6/c1-4-6-7-8-24-11-13-10-17(15(22)26-13,14(21)25-5-2)9-12(3)19-20-16(18)23/h13,15,22H,4-11H2,1-3H3,(H3,18,20,23)/b19-12-/t13-,15+,17+/m0/s1. The molecule has 1 heterocycles. The fourth-order valence-corrected chi connectivity index (χ4v) is 2.97. The van der Waals surface area contributed by atoms with Gasteiger partial charge in [0.2, 0.25) is 0 Å². The number of primary amides is 1. The predicted octanol–water partition coefficient (Wildman–Crippen LogP) is 1.28. The highest BCUT2D eigenvalue weighted by molar-refractivity contribution is 5.90. The minimum absolute atomic E-state index is 0.0691. The number of rotatable bonds is 11. The Balaban J connectivity index is 2.77. The maximum atomic E-state index is 12.5. The van der Waals surface area contributed by atoms with Gasteiger partial charge in [-0.2, -0.15) is 5.10 Å². The number of amides is 2. The van der Waals surface area contributed by atoms with E-state index in [1.807, 2.05) is 0 Å². The van der Waals surface area contributed by atoms with Gasteiger partial charge in [-0.15, -0.1) is 0 Å². The van der Waals surface area contributed by atoms with Crippen LogP contribution in [0.4, 0.5) is 4.79 Å². The molecule has 2 amide bonds. The van der Waals surface area contributed by atoms with Gasteiger partial charge in [-0.05, 0) is 26.7 Å². The van der Waals surface area contributed by atoms with Crippen LogP contribution in [0.3, 0.4) is 0 Å². The van der Waals surface area contributed by atoms with Gasteiger partial charge in [0.15, 0.2) is 6.29 Å². The Bertz CT molecular complexity index is 499. The van der Waals surface area contributed by atoms with Gasteiger partial charge < -0.3 is 25.1 Å². The van der Waals surface area contributed by atoms with Crippen molar-refractivity contribution in [3.63, 3.8) is 0 Å². The van der Waals surface area contributed by atoms with E-state index in [2.05, 4.69) is 17.5 Å². The first-order valence-corrected chi connectivity index (χ1v) is 9.02. The van der Waals surface area contributed by atoms with Crippen LogP contribution in [-0.4, -0.2) is 55.0 Å². The Morgan fingerprint density at radius 3 is 2.73 bits per heavy atom. The fraction of sp³-hybridized carbons (Fsp3) is 0.824. The van der Waals surface area contributed by atoms with E-state index in [-0.39, 0.29) is 26.1 Å². The predicted molar refractivity (Wildman–Crippen MR) is 95.4 cm³/mol. The van der Waals surface area contributed by atoms with Crippen LogP contribution < -0.4 is 11.2 Å². The van der Waals surface area contributed by atoms with Crippen LogP contribution in [0.1, 0.15) is 52.9 Å². The molecule has 1 fully saturated rings. The van der Waals surface area contributed by atoms with Crippen molar-refractivity contribution in [3.05, 3.63) is 0 Å². The highest BCUT2D eigenvalue weighted by atomic mass is 16.6. The number of ether oxygens (including phenoxy) is 3. The van der Waals surface area contributed by atoms with Crippen molar-refractivity contribution < 1.29 is 28.9 Å². The third-order valence-corrected chi connectivity index (χ3v) is 4.19. The highest BCUT2D eigenvalue weighted by Crippen LogP contribution is 2.42. The molecule has 0 aliphatic carbocycles. The van der Waals surface area contributed by atoms with Gasteiger partial charge in [0.05, 0.1) is 19.3 Å². The van der Waals surface area contributed by atoms with Crippen molar-refractivity contribution in [2.24, 2.45) is 16.3 Å². The van der Waals surface area contributed by atoms with Crippen molar-refractivity contribution in [3.8, 4) is 0 Å². The molecule has 1 aliphatic rings. The number of aliphatic hydroxyl groups excluding tert-OH is 1. The Morgan fingerprint density at radius 2 is 2.12 bits per heavy atom. The lowest BCUT2D eigenvalue weighted by molar-refractivity contribution is -0.180. The highest BCUT2D eigenvalue weighted by Gasteiger charge is 2.55. The second kappa shape index (κ2) is 11.1. The van der Waals surface area contributed by atoms with Gasteiger partial charge in [-0.1, -0.05) is 19.8 Å². The van der Waals surface area contributed by atoms with Gasteiger partial charge in [0.1, 0.15) is 5.41 Å². The minimum Gasteiger partial charge on any atom is -0.465 e. The number of carbonyl (C=O) groups is 2. The van der Waals surface area contributed by atoms with Crippen molar-refractivity contribution in [2.45, 2.75) is 65.3 Å². The first kappa shape index (κ1) is 22.3. The molecular formula is C17H31N3O6. The molecule has 0 unspecified atom stereocenters. The Kier molecular flexibility index (Phi) is 9.53. The normalized spacial score (nSPS) is 25.9. The molecule has 4 N–H and O–H groups in total. The summed E-state index contributed by atoms with van der Waals surface area (Å²) >= 11 is 0. The Morgan fingerprint density at radius 1 is 1.38 bits per heavy atom. The minimum atomic E-state index is -1.34. The van der Waals surface area contributed by atoms with E-state index >= 15 is 0 Å². The van der Waals surface area contributed by atoms with Crippen LogP contribution in [0.5, 0.6) is 0 Å². The molecule has 0 spiro atoms. The smallest absolute Gasteiger partial charge is 0.332 e. The first-order chi connectivity index (χ1) is 12.4. The SMILES string of the molecule is CCCCCOC[C@@H]1C[C@](C/C(C)=N\NC(N)=O)(C(=O)OCC)[C@H](O)O1. The largest absolute Gasteiger partial charge is 0.465 e. The topological polar surface area (TPSA) is 132 Å². The molecule has 0 aromatic rings. The summed E-state index contributed by atoms with van der Waals surface area (Å²) in [7, 11) is 0. The summed E-state index contributed by atoms with van der Waals surface area (Å²) in [4.78, 5) is 23.3. The number of hydrazone groups is 1. The summed E-state index contributed by atoms with van der Waals surface area (Å²) in [5.74, 6) is -0.561. The van der Waals surface area contributed by atoms with Crippen LogP contribution in [0.15, 0.2) is 5.10 Å². The molecule has 0 saturated carbocycles. The lowest BCUT2D eigenvalue weighted by atomic mass is 9.79. The zero-order valence-electron chi connectivity index (χ0n) is 15.8. The Hall–Kier alpha value is -1.71. The number of nitrogens with one attached hydrogen (secondary N) is 1. The number of nitrogens with zero attached hydrogens (tertiary/aromatic N) is 1. The van der Waals surface area contributed by atoms with Gasteiger partial charge in [-0.3, -0.25) is 4.79 Å². The maximum Gasteiger partial charge on any atom is 0.332 e. The van der Waals surface area contributed by atoms with E-state index in [9.17, 15) is 14.7 Å². The molecule has 1 saturated heterocycles. The van der Waals surface area contributed by atoms with Crippen molar-refractivity contribution >= 4 is 17.7 Å². The van der Waals surface area contributed by atoms with Gasteiger partial charge in [-0.25, -0.2) is 10.2 Å². The molecule has 0 aromatic heterocycles. The van der Waals surface area contributed by atoms with Crippen LogP contribution >= 0.6 is 0 Å². The van der Waals surface area contributed by atoms with E-state index < -0.39 is 29.8 Å². The summed E-state index contributed by atoms with van der Waals surface area (Å²) in [5.41, 5.74) is 6.23. The average molecular weight is 373 g/mol. The summed E-state index contributed by atoms with van der Waals surface area (Å²) in [6.07, 6.45) is 1.69. The number of esters is 1. The third kappa shape index (κ3) is 6.54. The fourth-order valence-electron chi connectivity index (χ4n) is 2.97. The van der Waals surface area contributed by atoms with Gasteiger partial charge in [0.25, 0.3) is 0 Å². The molecule has 0 radical (unpaired) electrons. The van der Waals surface area contributed by atoms with Crippen molar-refractivity contribution in [1.82, 2.24) is 5.43 Å². The number of hydrogen-bond donors (Lipinski definition) is 3. The van der Waals surface area contributed by atoms with E-state index in [4.69, 9.17) is 19.9 Å². The molecule has 0 aromatic carbocycles. The summed E-state index contributed by atoms with van der Waals surface area (Å²) in [5, 5.41) is 14.2. The van der Waals surface area contributed by atoms with Gasteiger partial charge >= 0.3 is 12.0 Å². The molecular weight excluding hydrogens is 342 g/mol. The Labute approximate surface area is 154 Å². The van der Waals surface area contributed by atoms with Gasteiger partial charge in [0, 0.05) is 18.7 Å². The molecule has 9 nitrogen and oxygen atoms in total. The second-order valence-electron chi connectivity index (χ2n) is 6.47. The number of carbonyl (C=O) groups excluding carboxylic acids is 2. The van der Waals surface area contributed by atoms with Crippen LogP contribution in [-0.2, 0) is 19.0 Å². The number of unbranched alkanes of at least 4 members (excludes halogenated alkanes) is 2. The monoisotopic (exact) mass is 373 g/mol. The molecule has 0 bridgehead atoms. The van der Waals surface area contributed by atoms with Crippen LogP contribution in [0, 0.1) is 5.41 Å². The summed E-state index contributed by atoms with van der Waals surface area (Å²) < 4.78 is 16.3. The number of hydrogen-bond acceptors (Lipinski definition) is 7. The average Bonchev–Trinajstić information content (AvgIpc) is 2.89. The zero-order chi connectivity index (χ0) is 19.6. The van der Waals surface area contributed by atoms with E-state index in [0.717, 1.165) is 19.3 Å². The maximum absolute atomic E-state index is 12.5. The number of nitrogens with two attached hydrogens (primary N) is 1. The molecule has 26 heavy (non-hydrogen) atoms. The van der Waals surface area contributed by atoms with Crippen molar-refractivity contribution in [1.29, 1.82) is 0 Å². The molecule has 150 valence electrons. The van der Waals surface area contributed by atoms with E-state index in [0.29, 0.717) is 12.3 Å². The van der Waals surface area contributed by atoms with E-state index in [1.165, 1.54) is 0 Å². The van der Waals surface area contributed by atoms with Crippen molar-refractivity contribution in [2.75, 3.05) is 19.8 Å². The third-order valence-electron chi connectivity index (χ3n) is 4.19. The van der Waals surface area contributed by atoms with Crippen LogP contribution in [0.25, 0.3) is 0 Å². The first-order valence-electron chi connectivity index (χ1n) is 9.02.